The summed E-state index contributed by atoms with van der Waals surface area (Å²) < 4.78 is 5.80. The van der Waals surface area contributed by atoms with Gasteiger partial charge in [0.1, 0.15) is 11.5 Å². The van der Waals surface area contributed by atoms with Gasteiger partial charge in [0.05, 0.1) is 17.4 Å². The van der Waals surface area contributed by atoms with E-state index in [2.05, 4.69) is 35.5 Å². The predicted molar refractivity (Wildman–Crippen MR) is 132 cm³/mol. The van der Waals surface area contributed by atoms with Crippen molar-refractivity contribution < 1.29 is 4.52 Å². The Hall–Kier alpha value is -3.79. The zero-order valence-electron chi connectivity index (χ0n) is 19.8. The van der Waals surface area contributed by atoms with Crippen LogP contribution in [0.5, 0.6) is 0 Å². The molecule has 4 aromatic rings. The van der Waals surface area contributed by atoms with E-state index in [0.29, 0.717) is 5.95 Å². The number of rotatable bonds is 7. The van der Waals surface area contributed by atoms with Crippen LogP contribution in [0.1, 0.15) is 48.9 Å². The van der Waals surface area contributed by atoms with Gasteiger partial charge in [0.2, 0.25) is 5.95 Å². The van der Waals surface area contributed by atoms with Crippen LogP contribution in [0.15, 0.2) is 47.1 Å². The summed E-state index contributed by atoms with van der Waals surface area (Å²) in [7, 11) is 0. The Bertz CT molecular complexity index is 1280. The molecule has 6 heterocycles. The Kier molecular flexibility index (Phi) is 5.87. The monoisotopic (exact) mass is 471 g/mol. The fourth-order valence-electron chi connectivity index (χ4n) is 4.92. The number of aromatic nitrogens is 6. The van der Waals surface area contributed by atoms with E-state index in [1.54, 1.807) is 6.20 Å². The van der Waals surface area contributed by atoms with Crippen LogP contribution in [-0.4, -0.2) is 54.8 Å². The molecular weight excluding hydrogens is 442 g/mol. The lowest BCUT2D eigenvalue weighted by atomic mass is 10.1. The standard InChI is InChI=1S/C25H29N9O/c1-17-13-24(31-30-17)28-23-14-18(16-33-10-4-5-11-33)27-25(29-23)34-12-6-8-21(34)22-15-20(32-35-22)19-7-2-3-9-26-19/h2-3,7,9,13-15,21H,4-6,8,10-12,16H2,1H3,(H2,27,28,29,30,31). The van der Waals surface area contributed by atoms with Crippen molar-refractivity contribution in [3.05, 3.63) is 59.7 Å². The van der Waals surface area contributed by atoms with E-state index in [4.69, 9.17) is 14.5 Å². The van der Waals surface area contributed by atoms with Crippen molar-refractivity contribution in [1.29, 1.82) is 0 Å². The summed E-state index contributed by atoms with van der Waals surface area (Å²) in [5.74, 6) is 3.00. The molecule has 180 valence electrons. The first kappa shape index (κ1) is 21.7. The molecule has 0 aromatic carbocycles. The normalized spacial score (nSPS) is 18.4. The molecule has 2 aliphatic heterocycles. The molecule has 0 radical (unpaired) electrons. The van der Waals surface area contributed by atoms with Gasteiger partial charge in [-0.05, 0) is 57.8 Å². The summed E-state index contributed by atoms with van der Waals surface area (Å²) in [5.41, 5.74) is 3.54. The van der Waals surface area contributed by atoms with Gasteiger partial charge >= 0.3 is 0 Å². The number of aromatic amines is 1. The second-order valence-electron chi connectivity index (χ2n) is 9.27. The molecule has 10 heteroatoms. The minimum Gasteiger partial charge on any atom is -0.358 e. The van der Waals surface area contributed by atoms with Crippen LogP contribution in [0.2, 0.25) is 0 Å². The maximum Gasteiger partial charge on any atom is 0.228 e. The molecule has 10 nitrogen and oxygen atoms in total. The average Bonchev–Trinajstić information content (AvgIpc) is 3.67. The minimum absolute atomic E-state index is 0.0301. The largest absolute Gasteiger partial charge is 0.358 e. The van der Waals surface area contributed by atoms with Crippen molar-refractivity contribution >= 4 is 17.6 Å². The number of hydrogen-bond acceptors (Lipinski definition) is 9. The SMILES string of the molecule is Cc1cc(Nc2cc(CN3CCCC3)nc(N3CCCC3c3cc(-c4ccccn4)no3)n2)n[nH]1. The maximum absolute atomic E-state index is 5.80. The number of nitrogens with zero attached hydrogens (tertiary/aromatic N) is 7. The zero-order chi connectivity index (χ0) is 23.6. The molecule has 35 heavy (non-hydrogen) atoms. The van der Waals surface area contributed by atoms with E-state index in [1.165, 1.54) is 12.8 Å². The summed E-state index contributed by atoms with van der Waals surface area (Å²) in [4.78, 5) is 19.0. The number of pyridine rings is 1. The van der Waals surface area contributed by atoms with E-state index >= 15 is 0 Å². The van der Waals surface area contributed by atoms with Gasteiger partial charge in [-0.15, -0.1) is 0 Å². The molecule has 0 saturated carbocycles. The molecule has 4 aromatic heterocycles. The van der Waals surface area contributed by atoms with Crippen LogP contribution in [0.25, 0.3) is 11.4 Å². The molecule has 2 fully saturated rings. The number of anilines is 3. The van der Waals surface area contributed by atoms with E-state index < -0.39 is 0 Å². The summed E-state index contributed by atoms with van der Waals surface area (Å²) >= 11 is 0. The minimum atomic E-state index is 0.0301. The van der Waals surface area contributed by atoms with Gasteiger partial charge in [-0.2, -0.15) is 10.1 Å². The molecule has 0 amide bonds. The Morgan fingerprint density at radius 1 is 1.03 bits per heavy atom. The van der Waals surface area contributed by atoms with Crippen LogP contribution >= 0.6 is 0 Å². The van der Waals surface area contributed by atoms with E-state index in [9.17, 15) is 0 Å². The lowest BCUT2D eigenvalue weighted by Gasteiger charge is -2.24. The molecule has 0 aliphatic carbocycles. The first-order valence-corrected chi connectivity index (χ1v) is 12.3. The number of likely N-dealkylation sites (tertiary alicyclic amines) is 1. The lowest BCUT2D eigenvalue weighted by Crippen LogP contribution is -2.26. The summed E-state index contributed by atoms with van der Waals surface area (Å²) in [6.07, 6.45) is 6.24. The second kappa shape index (κ2) is 9.46. The van der Waals surface area contributed by atoms with Crippen molar-refractivity contribution in [2.24, 2.45) is 0 Å². The predicted octanol–water partition coefficient (Wildman–Crippen LogP) is 4.24. The van der Waals surface area contributed by atoms with Gasteiger partial charge in [0.15, 0.2) is 11.6 Å². The van der Waals surface area contributed by atoms with Gasteiger partial charge < -0.3 is 14.7 Å². The number of nitrogens with one attached hydrogen (secondary N) is 2. The third-order valence-electron chi connectivity index (χ3n) is 6.61. The topological polar surface area (TPSA) is 112 Å². The molecule has 6 rings (SSSR count). The highest BCUT2D eigenvalue weighted by molar-refractivity contribution is 5.56. The highest BCUT2D eigenvalue weighted by atomic mass is 16.5. The van der Waals surface area contributed by atoms with Crippen molar-refractivity contribution in [2.45, 2.75) is 45.2 Å². The van der Waals surface area contributed by atoms with E-state index in [0.717, 1.165) is 79.2 Å². The van der Waals surface area contributed by atoms with Gasteiger partial charge in [-0.3, -0.25) is 15.0 Å². The Labute approximate surface area is 203 Å². The van der Waals surface area contributed by atoms with Crippen LogP contribution in [0, 0.1) is 6.92 Å². The van der Waals surface area contributed by atoms with Crippen molar-refractivity contribution in [3.63, 3.8) is 0 Å². The summed E-state index contributed by atoms with van der Waals surface area (Å²) in [5, 5.41) is 14.9. The average molecular weight is 472 g/mol. The third-order valence-corrected chi connectivity index (χ3v) is 6.61. The highest BCUT2D eigenvalue weighted by Crippen LogP contribution is 2.36. The zero-order valence-corrected chi connectivity index (χ0v) is 19.8. The van der Waals surface area contributed by atoms with Crippen LogP contribution in [-0.2, 0) is 6.54 Å². The van der Waals surface area contributed by atoms with Crippen molar-refractivity contribution in [3.8, 4) is 11.4 Å². The van der Waals surface area contributed by atoms with Gasteiger partial charge in [-0.1, -0.05) is 11.2 Å². The van der Waals surface area contributed by atoms with Gasteiger partial charge in [0.25, 0.3) is 0 Å². The van der Waals surface area contributed by atoms with Crippen LogP contribution in [0.3, 0.4) is 0 Å². The van der Waals surface area contributed by atoms with E-state index in [1.807, 2.05) is 43.3 Å². The Morgan fingerprint density at radius 3 is 2.74 bits per heavy atom. The quantitative estimate of drug-likeness (QED) is 0.409. The second-order valence-corrected chi connectivity index (χ2v) is 9.27. The first-order valence-electron chi connectivity index (χ1n) is 12.3. The fourth-order valence-corrected chi connectivity index (χ4v) is 4.92. The summed E-state index contributed by atoms with van der Waals surface area (Å²) in [6, 6.07) is 11.8. The lowest BCUT2D eigenvalue weighted by molar-refractivity contribution is 0.327. The molecule has 1 unspecified atom stereocenters. The molecule has 0 bridgehead atoms. The third kappa shape index (κ3) is 4.74. The number of hydrogen-bond donors (Lipinski definition) is 2. The number of aryl methyl sites for hydroxylation is 1. The van der Waals surface area contributed by atoms with Gasteiger partial charge in [-0.25, -0.2) is 4.98 Å². The van der Waals surface area contributed by atoms with Crippen LogP contribution < -0.4 is 10.2 Å². The van der Waals surface area contributed by atoms with E-state index in [-0.39, 0.29) is 6.04 Å². The smallest absolute Gasteiger partial charge is 0.228 e. The maximum atomic E-state index is 5.80. The molecule has 1 atom stereocenters. The van der Waals surface area contributed by atoms with Crippen LogP contribution in [0.4, 0.5) is 17.6 Å². The number of H-pyrrole nitrogens is 1. The van der Waals surface area contributed by atoms with Crippen molar-refractivity contribution in [2.75, 3.05) is 29.9 Å². The first-order chi connectivity index (χ1) is 17.2. The molecule has 2 saturated heterocycles. The molecule has 0 spiro atoms. The summed E-state index contributed by atoms with van der Waals surface area (Å²) in [6.45, 7) is 5.88. The van der Waals surface area contributed by atoms with Gasteiger partial charge in [0, 0.05) is 43.2 Å². The van der Waals surface area contributed by atoms with Crippen molar-refractivity contribution in [1.82, 2.24) is 35.2 Å². The fraction of sp³-hybridized carbons (Fsp3) is 0.400. The highest BCUT2D eigenvalue weighted by Gasteiger charge is 2.32. The molecule has 2 N–H and O–H groups in total. The molecule has 2 aliphatic rings. The Balaban J connectivity index is 1.30. The Morgan fingerprint density at radius 2 is 1.94 bits per heavy atom. The molecular formula is C25H29N9O.